The highest BCUT2D eigenvalue weighted by atomic mass is 16.6. The number of nitriles is 1. The minimum Gasteiger partial charge on any atom is -0.497 e. The lowest BCUT2D eigenvalue weighted by molar-refractivity contribution is -0.149. The first-order valence-electron chi connectivity index (χ1n) is 7.33. The quantitative estimate of drug-likeness (QED) is 0.776. The smallest absolute Gasteiger partial charge is 0.344 e. The van der Waals surface area contributed by atoms with Gasteiger partial charge in [-0.1, -0.05) is 6.07 Å². The van der Waals surface area contributed by atoms with Crippen molar-refractivity contribution >= 4 is 17.6 Å². The highest BCUT2D eigenvalue weighted by molar-refractivity contribution is 5.93. The minimum absolute atomic E-state index is 0.316. The van der Waals surface area contributed by atoms with Crippen molar-refractivity contribution in [1.29, 1.82) is 5.26 Å². The number of ether oxygens (including phenoxy) is 3. The minimum atomic E-state index is -0.670. The van der Waals surface area contributed by atoms with Crippen LogP contribution in [0.1, 0.15) is 5.56 Å². The van der Waals surface area contributed by atoms with E-state index in [9.17, 15) is 9.59 Å². The molecule has 0 heterocycles. The van der Waals surface area contributed by atoms with Gasteiger partial charge in [-0.3, -0.25) is 4.79 Å². The first-order chi connectivity index (χ1) is 12.1. The zero-order valence-corrected chi connectivity index (χ0v) is 13.5. The maximum absolute atomic E-state index is 11.7. The predicted octanol–water partition coefficient (Wildman–Crippen LogP) is 2.13. The number of esters is 1. The Balaban J connectivity index is 1.73. The molecule has 1 amide bonds. The van der Waals surface area contributed by atoms with Crippen LogP contribution in [0, 0.1) is 11.3 Å². The summed E-state index contributed by atoms with van der Waals surface area (Å²) in [6, 6.07) is 15.1. The molecule has 25 heavy (non-hydrogen) atoms. The summed E-state index contributed by atoms with van der Waals surface area (Å²) in [5.74, 6) is -0.0211. The van der Waals surface area contributed by atoms with Gasteiger partial charge in [0.2, 0.25) is 0 Å². The fourth-order valence-corrected chi connectivity index (χ4v) is 1.87. The van der Waals surface area contributed by atoms with Crippen LogP contribution >= 0.6 is 0 Å². The van der Waals surface area contributed by atoms with Gasteiger partial charge in [0.25, 0.3) is 5.91 Å². The summed E-state index contributed by atoms with van der Waals surface area (Å²) in [5.41, 5.74) is 0.872. The van der Waals surface area contributed by atoms with Crippen LogP contribution in [0.3, 0.4) is 0 Å². The zero-order valence-electron chi connectivity index (χ0n) is 13.5. The van der Waals surface area contributed by atoms with Crippen LogP contribution < -0.4 is 14.8 Å². The summed E-state index contributed by atoms with van der Waals surface area (Å²) < 4.78 is 15.1. The molecular weight excluding hydrogens is 324 g/mol. The maximum Gasteiger partial charge on any atom is 0.344 e. The molecule has 2 aromatic carbocycles. The molecule has 7 heteroatoms. The lowest BCUT2D eigenvalue weighted by Gasteiger charge is -2.08. The normalized spacial score (nSPS) is 9.60. The molecule has 0 unspecified atom stereocenters. The molecular formula is C18H16N2O5. The average molecular weight is 340 g/mol. The summed E-state index contributed by atoms with van der Waals surface area (Å²) in [5, 5.41) is 11.3. The molecule has 0 atom stereocenters. The molecule has 0 radical (unpaired) electrons. The van der Waals surface area contributed by atoms with Gasteiger partial charge in [0.15, 0.2) is 13.2 Å². The monoisotopic (exact) mass is 340 g/mol. The van der Waals surface area contributed by atoms with Crippen molar-refractivity contribution in [2.24, 2.45) is 0 Å². The Labute approximate surface area is 144 Å². The molecule has 2 aromatic rings. The van der Waals surface area contributed by atoms with Crippen LogP contribution in [0.4, 0.5) is 5.69 Å². The number of nitrogens with one attached hydrogen (secondary N) is 1. The number of anilines is 1. The number of carbonyl (C=O) groups excluding carboxylic acids is 2. The molecule has 128 valence electrons. The van der Waals surface area contributed by atoms with Crippen LogP contribution in [0.15, 0.2) is 48.5 Å². The molecule has 0 bridgehead atoms. The lowest BCUT2D eigenvalue weighted by atomic mass is 10.2. The van der Waals surface area contributed by atoms with Gasteiger partial charge in [-0.25, -0.2) is 4.79 Å². The first kappa shape index (κ1) is 17.8. The molecule has 0 aliphatic heterocycles. The topological polar surface area (TPSA) is 97.7 Å². The molecule has 0 saturated carbocycles. The van der Waals surface area contributed by atoms with Gasteiger partial charge in [0, 0.05) is 5.69 Å². The molecule has 0 spiro atoms. The second kappa shape index (κ2) is 8.93. The Morgan fingerprint density at radius 3 is 2.48 bits per heavy atom. The average Bonchev–Trinajstić information content (AvgIpc) is 2.65. The SMILES string of the molecule is COc1ccc(OCC(=O)OCC(=O)Nc2cccc(C#N)c2)cc1. The van der Waals surface area contributed by atoms with Crippen LogP contribution in [0.2, 0.25) is 0 Å². The van der Waals surface area contributed by atoms with Crippen molar-refractivity contribution in [3.05, 3.63) is 54.1 Å². The second-order valence-corrected chi connectivity index (χ2v) is 4.87. The van der Waals surface area contributed by atoms with E-state index in [1.165, 1.54) is 6.07 Å². The van der Waals surface area contributed by atoms with Crippen molar-refractivity contribution in [3.63, 3.8) is 0 Å². The molecule has 7 nitrogen and oxygen atoms in total. The molecule has 0 aromatic heterocycles. The number of carbonyl (C=O) groups is 2. The van der Waals surface area contributed by atoms with E-state index in [4.69, 9.17) is 19.5 Å². The van der Waals surface area contributed by atoms with Crippen LogP contribution in [0.25, 0.3) is 0 Å². The van der Waals surface area contributed by atoms with Gasteiger partial charge < -0.3 is 19.5 Å². The molecule has 1 N–H and O–H groups in total. The fraction of sp³-hybridized carbons (Fsp3) is 0.167. The van der Waals surface area contributed by atoms with E-state index < -0.39 is 18.5 Å². The van der Waals surface area contributed by atoms with Crippen molar-refractivity contribution in [2.45, 2.75) is 0 Å². The summed E-state index contributed by atoms with van der Waals surface area (Å²) in [6.07, 6.45) is 0. The summed E-state index contributed by atoms with van der Waals surface area (Å²) >= 11 is 0. The number of rotatable bonds is 7. The van der Waals surface area contributed by atoms with E-state index in [0.29, 0.717) is 22.7 Å². The third-order valence-electron chi connectivity index (χ3n) is 3.06. The Kier molecular flexibility index (Phi) is 6.37. The van der Waals surface area contributed by atoms with E-state index in [-0.39, 0.29) is 6.61 Å². The molecule has 0 aliphatic rings. The van der Waals surface area contributed by atoms with E-state index in [2.05, 4.69) is 5.32 Å². The molecule has 0 saturated heterocycles. The number of hydrogen-bond acceptors (Lipinski definition) is 6. The van der Waals surface area contributed by atoms with E-state index in [1.807, 2.05) is 6.07 Å². The van der Waals surface area contributed by atoms with Crippen molar-refractivity contribution in [3.8, 4) is 17.6 Å². The number of amides is 1. The lowest BCUT2D eigenvalue weighted by Crippen LogP contribution is -2.23. The van der Waals surface area contributed by atoms with Crippen LogP contribution in [0.5, 0.6) is 11.5 Å². The van der Waals surface area contributed by atoms with Gasteiger partial charge in [-0.2, -0.15) is 5.26 Å². The third kappa shape index (κ3) is 5.88. The van der Waals surface area contributed by atoms with E-state index >= 15 is 0 Å². The maximum atomic E-state index is 11.7. The Morgan fingerprint density at radius 2 is 1.80 bits per heavy atom. The van der Waals surface area contributed by atoms with Crippen molar-refractivity contribution in [2.75, 3.05) is 25.6 Å². The number of hydrogen-bond donors (Lipinski definition) is 1. The van der Waals surface area contributed by atoms with Crippen LogP contribution in [-0.2, 0) is 14.3 Å². The summed E-state index contributed by atoms with van der Waals surface area (Å²) in [6.45, 7) is -0.759. The van der Waals surface area contributed by atoms with Gasteiger partial charge >= 0.3 is 5.97 Å². The molecule has 2 rings (SSSR count). The second-order valence-electron chi connectivity index (χ2n) is 4.87. The van der Waals surface area contributed by atoms with Gasteiger partial charge in [-0.15, -0.1) is 0 Å². The number of benzene rings is 2. The Hall–Kier alpha value is -3.53. The molecule has 0 fully saturated rings. The van der Waals surface area contributed by atoms with Crippen LogP contribution in [-0.4, -0.2) is 32.2 Å². The zero-order chi connectivity index (χ0) is 18.1. The standard InChI is InChI=1S/C18H16N2O5/c1-23-15-5-7-16(8-6-15)24-12-18(22)25-11-17(21)20-14-4-2-3-13(9-14)10-19/h2-9H,11-12H2,1H3,(H,20,21). The predicted molar refractivity (Wildman–Crippen MR) is 89.2 cm³/mol. The van der Waals surface area contributed by atoms with Crippen molar-refractivity contribution < 1.29 is 23.8 Å². The Morgan fingerprint density at radius 1 is 1.08 bits per heavy atom. The largest absolute Gasteiger partial charge is 0.497 e. The molecule has 0 aliphatic carbocycles. The summed E-state index contributed by atoms with van der Waals surface area (Å²) in [7, 11) is 1.55. The first-order valence-corrected chi connectivity index (χ1v) is 7.33. The van der Waals surface area contributed by atoms with Gasteiger partial charge in [0.05, 0.1) is 18.7 Å². The van der Waals surface area contributed by atoms with E-state index in [0.717, 1.165) is 0 Å². The highest BCUT2D eigenvalue weighted by Crippen LogP contribution is 2.16. The van der Waals surface area contributed by atoms with Crippen molar-refractivity contribution in [1.82, 2.24) is 0 Å². The third-order valence-corrected chi connectivity index (χ3v) is 3.06. The highest BCUT2D eigenvalue weighted by Gasteiger charge is 2.09. The fourth-order valence-electron chi connectivity index (χ4n) is 1.87. The van der Waals surface area contributed by atoms with E-state index in [1.54, 1.807) is 49.6 Å². The number of methoxy groups -OCH3 is 1. The summed E-state index contributed by atoms with van der Waals surface area (Å²) in [4.78, 5) is 23.3. The number of nitrogens with zero attached hydrogens (tertiary/aromatic N) is 1. The Bertz CT molecular complexity index is 781. The van der Waals surface area contributed by atoms with Gasteiger partial charge in [0.1, 0.15) is 11.5 Å². The van der Waals surface area contributed by atoms with Gasteiger partial charge in [-0.05, 0) is 42.5 Å².